The van der Waals surface area contributed by atoms with Gasteiger partial charge in [0.2, 0.25) is 4.73 Å². The number of aromatic nitrogens is 3. The van der Waals surface area contributed by atoms with Crippen molar-refractivity contribution in [3.05, 3.63) is 44.9 Å². The Kier molecular flexibility index (Phi) is 3.43. The minimum absolute atomic E-state index is 0.251. The SMILES string of the molecule is O=C1c2ccccc2C(=O)N1CCn1nc(Br)nc1Br. The van der Waals surface area contributed by atoms with Gasteiger partial charge in [0, 0.05) is 6.54 Å². The first-order valence-corrected chi connectivity index (χ1v) is 7.37. The Morgan fingerprint density at radius 3 is 2.10 bits per heavy atom. The van der Waals surface area contributed by atoms with Crippen LogP contribution in [0.4, 0.5) is 0 Å². The second-order valence-corrected chi connectivity index (χ2v) is 5.60. The first-order chi connectivity index (χ1) is 9.58. The molecule has 6 nitrogen and oxygen atoms in total. The van der Waals surface area contributed by atoms with Gasteiger partial charge in [0.1, 0.15) is 0 Å². The number of nitrogens with zero attached hydrogens (tertiary/aromatic N) is 4. The molecule has 1 aromatic carbocycles. The Labute approximate surface area is 131 Å². The van der Waals surface area contributed by atoms with Crippen LogP contribution in [0.2, 0.25) is 0 Å². The van der Waals surface area contributed by atoms with Crippen LogP contribution < -0.4 is 0 Å². The second-order valence-electron chi connectivity index (χ2n) is 4.18. The molecule has 0 saturated heterocycles. The summed E-state index contributed by atoms with van der Waals surface area (Å²) in [6.45, 7) is 0.630. The Bertz CT molecular complexity index is 678. The molecule has 1 aromatic heterocycles. The van der Waals surface area contributed by atoms with Crippen molar-refractivity contribution in [1.82, 2.24) is 19.7 Å². The van der Waals surface area contributed by atoms with Crippen molar-refractivity contribution in [3.63, 3.8) is 0 Å². The van der Waals surface area contributed by atoms with Crippen LogP contribution in [0.5, 0.6) is 0 Å². The molecular formula is C12H8Br2N4O2. The highest BCUT2D eigenvalue weighted by atomic mass is 79.9. The van der Waals surface area contributed by atoms with Crippen molar-refractivity contribution in [2.45, 2.75) is 6.54 Å². The fraction of sp³-hybridized carbons (Fsp3) is 0.167. The van der Waals surface area contributed by atoms with Crippen molar-refractivity contribution < 1.29 is 9.59 Å². The largest absolute Gasteiger partial charge is 0.272 e. The first kappa shape index (κ1) is 13.4. The molecule has 20 heavy (non-hydrogen) atoms. The van der Waals surface area contributed by atoms with Gasteiger partial charge in [0.05, 0.1) is 17.7 Å². The molecule has 0 unspecified atom stereocenters. The zero-order valence-corrected chi connectivity index (χ0v) is 13.3. The fourth-order valence-electron chi connectivity index (χ4n) is 2.08. The third-order valence-corrected chi connectivity index (χ3v) is 3.94. The molecule has 0 atom stereocenters. The molecule has 0 fully saturated rings. The predicted octanol–water partition coefficient (Wildman–Crippen LogP) is 2.10. The number of carbonyl (C=O) groups excluding carboxylic acids is 2. The lowest BCUT2D eigenvalue weighted by Gasteiger charge is -2.13. The number of carbonyl (C=O) groups is 2. The number of rotatable bonds is 3. The van der Waals surface area contributed by atoms with Gasteiger partial charge in [-0.1, -0.05) is 12.1 Å². The lowest BCUT2D eigenvalue weighted by molar-refractivity contribution is 0.0647. The van der Waals surface area contributed by atoms with Crippen molar-refractivity contribution in [2.24, 2.45) is 0 Å². The van der Waals surface area contributed by atoms with Gasteiger partial charge >= 0.3 is 0 Å². The summed E-state index contributed by atoms with van der Waals surface area (Å²) >= 11 is 6.42. The zero-order chi connectivity index (χ0) is 14.3. The number of halogens is 2. The monoisotopic (exact) mass is 398 g/mol. The van der Waals surface area contributed by atoms with Gasteiger partial charge in [-0.25, -0.2) is 4.68 Å². The van der Waals surface area contributed by atoms with E-state index < -0.39 is 0 Å². The van der Waals surface area contributed by atoms with Crippen molar-refractivity contribution in [1.29, 1.82) is 0 Å². The summed E-state index contributed by atoms with van der Waals surface area (Å²) in [6, 6.07) is 6.83. The smallest absolute Gasteiger partial charge is 0.261 e. The first-order valence-electron chi connectivity index (χ1n) is 5.79. The maximum atomic E-state index is 12.2. The van der Waals surface area contributed by atoms with E-state index in [0.717, 1.165) is 0 Å². The van der Waals surface area contributed by atoms with Crippen molar-refractivity contribution in [3.8, 4) is 0 Å². The highest BCUT2D eigenvalue weighted by molar-refractivity contribution is 9.11. The maximum absolute atomic E-state index is 12.2. The van der Waals surface area contributed by atoms with E-state index in [0.29, 0.717) is 27.1 Å². The molecule has 1 aliphatic rings. The Morgan fingerprint density at radius 2 is 1.60 bits per heavy atom. The minimum atomic E-state index is -0.263. The summed E-state index contributed by atoms with van der Waals surface area (Å²) in [5.41, 5.74) is 0.910. The summed E-state index contributed by atoms with van der Waals surface area (Å²) < 4.78 is 2.57. The van der Waals surface area contributed by atoms with Crippen LogP contribution in [-0.4, -0.2) is 38.0 Å². The fourth-order valence-corrected chi connectivity index (χ4v) is 3.10. The molecule has 2 aromatic rings. The second kappa shape index (κ2) is 5.10. The Morgan fingerprint density at radius 1 is 1.00 bits per heavy atom. The third-order valence-electron chi connectivity index (χ3n) is 3.01. The summed E-state index contributed by atoms with van der Waals surface area (Å²) in [4.78, 5) is 29.6. The van der Waals surface area contributed by atoms with Gasteiger partial charge < -0.3 is 0 Å². The quantitative estimate of drug-likeness (QED) is 0.741. The van der Waals surface area contributed by atoms with Crippen LogP contribution in [0.3, 0.4) is 0 Å². The van der Waals surface area contributed by atoms with E-state index in [2.05, 4.69) is 41.9 Å². The van der Waals surface area contributed by atoms with E-state index in [1.54, 1.807) is 28.9 Å². The number of benzene rings is 1. The number of amides is 2. The standard InChI is InChI=1S/C12H8Br2N4O2/c13-11-15-12(14)18(16-11)6-5-17-9(19)7-3-1-2-4-8(7)10(17)20/h1-4H,5-6H2. The van der Waals surface area contributed by atoms with E-state index in [9.17, 15) is 9.59 Å². The van der Waals surface area contributed by atoms with Gasteiger partial charge in [-0.15, -0.1) is 5.10 Å². The van der Waals surface area contributed by atoms with Gasteiger partial charge in [-0.3, -0.25) is 14.5 Å². The molecule has 0 bridgehead atoms. The lowest BCUT2D eigenvalue weighted by atomic mass is 10.1. The van der Waals surface area contributed by atoms with E-state index in [1.165, 1.54) is 4.90 Å². The van der Waals surface area contributed by atoms with Crippen LogP contribution in [0.1, 0.15) is 20.7 Å². The van der Waals surface area contributed by atoms with Crippen molar-refractivity contribution in [2.75, 3.05) is 6.54 Å². The van der Waals surface area contributed by atoms with E-state index in [4.69, 9.17) is 0 Å². The number of hydrogen-bond donors (Lipinski definition) is 0. The highest BCUT2D eigenvalue weighted by Gasteiger charge is 2.34. The number of imide groups is 1. The van der Waals surface area contributed by atoms with Crippen LogP contribution in [0.15, 0.2) is 33.7 Å². The number of fused-ring (bicyclic) bond motifs is 1. The van der Waals surface area contributed by atoms with Gasteiger partial charge in [0.25, 0.3) is 11.8 Å². The Hall–Kier alpha value is -1.54. The average molecular weight is 400 g/mol. The van der Waals surface area contributed by atoms with Crippen molar-refractivity contribution >= 4 is 43.7 Å². The van der Waals surface area contributed by atoms with E-state index in [-0.39, 0.29) is 18.4 Å². The topological polar surface area (TPSA) is 68.1 Å². The molecular weight excluding hydrogens is 392 g/mol. The molecule has 3 rings (SSSR count). The molecule has 0 spiro atoms. The molecule has 0 N–H and O–H groups in total. The average Bonchev–Trinajstić information content (AvgIpc) is 2.87. The molecule has 0 radical (unpaired) electrons. The van der Waals surface area contributed by atoms with Crippen LogP contribution in [0, 0.1) is 0 Å². The van der Waals surface area contributed by atoms with Gasteiger partial charge in [0.15, 0.2) is 4.73 Å². The molecule has 0 aliphatic carbocycles. The molecule has 2 amide bonds. The summed E-state index contributed by atoms with van der Waals surface area (Å²) in [5, 5.41) is 4.10. The molecule has 0 saturated carbocycles. The van der Waals surface area contributed by atoms with Crippen LogP contribution >= 0.6 is 31.9 Å². The van der Waals surface area contributed by atoms with Gasteiger partial charge in [-0.2, -0.15) is 4.98 Å². The lowest BCUT2D eigenvalue weighted by Crippen LogP contribution is -2.33. The van der Waals surface area contributed by atoms with E-state index >= 15 is 0 Å². The number of hydrogen-bond acceptors (Lipinski definition) is 4. The summed E-state index contributed by atoms with van der Waals surface area (Å²) in [5.74, 6) is -0.526. The molecule has 8 heteroatoms. The predicted molar refractivity (Wildman–Crippen MR) is 77.2 cm³/mol. The highest BCUT2D eigenvalue weighted by Crippen LogP contribution is 2.22. The van der Waals surface area contributed by atoms with E-state index in [1.807, 2.05) is 0 Å². The minimum Gasteiger partial charge on any atom is -0.272 e. The zero-order valence-electron chi connectivity index (χ0n) is 10.1. The normalized spacial score (nSPS) is 14.0. The maximum Gasteiger partial charge on any atom is 0.261 e. The molecule has 1 aliphatic heterocycles. The van der Waals surface area contributed by atoms with Crippen LogP contribution in [-0.2, 0) is 6.54 Å². The van der Waals surface area contributed by atoms with Gasteiger partial charge in [-0.05, 0) is 44.0 Å². The molecule has 102 valence electrons. The Balaban J connectivity index is 1.79. The third kappa shape index (κ3) is 2.18. The summed E-state index contributed by atoms with van der Waals surface area (Å²) in [6.07, 6.45) is 0. The molecule has 2 heterocycles. The summed E-state index contributed by atoms with van der Waals surface area (Å²) in [7, 11) is 0. The van der Waals surface area contributed by atoms with Crippen LogP contribution in [0.25, 0.3) is 0 Å².